The third-order valence-electron chi connectivity index (χ3n) is 5.09. The van der Waals surface area contributed by atoms with Crippen molar-refractivity contribution in [3.63, 3.8) is 0 Å². The van der Waals surface area contributed by atoms with Crippen LogP contribution in [0.25, 0.3) is 22.3 Å². The standard InChI is InChI=1S/C26H19N/c1-3-9-19(10-4-1)22-15-23(20-11-5-2-6-12-20)17-24(16-22)26-18-21-13-7-8-14-25(21)27-26/h1-17H,18H2. The molecule has 1 heteroatoms. The first-order valence-electron chi connectivity index (χ1n) is 9.29. The smallest absolute Gasteiger partial charge is 0.0669 e. The van der Waals surface area contributed by atoms with Crippen LogP contribution in [0.4, 0.5) is 5.69 Å². The maximum absolute atomic E-state index is 4.91. The van der Waals surface area contributed by atoms with Crippen LogP contribution in [0.5, 0.6) is 0 Å². The average Bonchev–Trinajstić information content (AvgIpc) is 3.19. The number of benzene rings is 4. The molecule has 0 saturated carbocycles. The van der Waals surface area contributed by atoms with Gasteiger partial charge in [0.1, 0.15) is 0 Å². The van der Waals surface area contributed by atoms with Gasteiger partial charge < -0.3 is 0 Å². The maximum atomic E-state index is 4.91. The molecular formula is C26H19N. The van der Waals surface area contributed by atoms with E-state index in [1.807, 2.05) is 0 Å². The van der Waals surface area contributed by atoms with E-state index in [0.29, 0.717) is 0 Å². The van der Waals surface area contributed by atoms with E-state index in [-0.39, 0.29) is 0 Å². The number of hydrogen-bond donors (Lipinski definition) is 0. The second-order valence-corrected chi connectivity index (χ2v) is 6.90. The Kier molecular flexibility index (Phi) is 3.91. The van der Waals surface area contributed by atoms with E-state index in [2.05, 4.69) is 103 Å². The van der Waals surface area contributed by atoms with Gasteiger partial charge in [0.05, 0.1) is 11.4 Å². The van der Waals surface area contributed by atoms with Crippen LogP contribution in [-0.4, -0.2) is 5.71 Å². The number of para-hydroxylation sites is 1. The number of rotatable bonds is 3. The molecule has 0 aromatic heterocycles. The summed E-state index contributed by atoms with van der Waals surface area (Å²) < 4.78 is 0. The summed E-state index contributed by atoms with van der Waals surface area (Å²) in [4.78, 5) is 4.91. The summed E-state index contributed by atoms with van der Waals surface area (Å²) >= 11 is 0. The Morgan fingerprint density at radius 3 is 1.59 bits per heavy atom. The molecule has 4 aromatic carbocycles. The second-order valence-electron chi connectivity index (χ2n) is 6.90. The highest BCUT2D eigenvalue weighted by atomic mass is 14.8. The van der Waals surface area contributed by atoms with Crippen molar-refractivity contribution in [3.8, 4) is 22.3 Å². The van der Waals surface area contributed by atoms with E-state index in [0.717, 1.165) is 17.8 Å². The Bertz CT molecular complexity index is 1070. The van der Waals surface area contributed by atoms with Crippen molar-refractivity contribution in [2.75, 3.05) is 0 Å². The van der Waals surface area contributed by atoms with Crippen LogP contribution in [0.15, 0.2) is 108 Å². The highest BCUT2D eigenvalue weighted by molar-refractivity contribution is 6.08. The van der Waals surface area contributed by atoms with Crippen LogP contribution in [-0.2, 0) is 6.42 Å². The number of fused-ring (bicyclic) bond motifs is 1. The Morgan fingerprint density at radius 2 is 1.00 bits per heavy atom. The molecule has 0 atom stereocenters. The molecule has 0 amide bonds. The molecule has 5 rings (SSSR count). The van der Waals surface area contributed by atoms with Gasteiger partial charge in [0.15, 0.2) is 0 Å². The molecule has 0 saturated heterocycles. The third-order valence-corrected chi connectivity index (χ3v) is 5.09. The van der Waals surface area contributed by atoms with Crippen molar-refractivity contribution in [2.45, 2.75) is 6.42 Å². The van der Waals surface area contributed by atoms with Gasteiger partial charge in [-0.3, -0.25) is 4.99 Å². The topological polar surface area (TPSA) is 12.4 Å². The zero-order valence-electron chi connectivity index (χ0n) is 15.0. The summed E-state index contributed by atoms with van der Waals surface area (Å²) in [5.74, 6) is 0. The minimum Gasteiger partial charge on any atom is -0.252 e. The predicted octanol–water partition coefficient (Wildman–Crippen LogP) is 6.70. The van der Waals surface area contributed by atoms with Gasteiger partial charge in [-0.25, -0.2) is 0 Å². The molecule has 27 heavy (non-hydrogen) atoms. The van der Waals surface area contributed by atoms with Gasteiger partial charge >= 0.3 is 0 Å². The molecule has 0 unspecified atom stereocenters. The summed E-state index contributed by atoms with van der Waals surface area (Å²) in [6.07, 6.45) is 0.892. The summed E-state index contributed by atoms with van der Waals surface area (Å²) in [7, 11) is 0. The molecule has 1 aliphatic rings. The van der Waals surface area contributed by atoms with Gasteiger partial charge in [-0.2, -0.15) is 0 Å². The van der Waals surface area contributed by atoms with E-state index >= 15 is 0 Å². The van der Waals surface area contributed by atoms with Crippen molar-refractivity contribution in [3.05, 3.63) is 114 Å². The van der Waals surface area contributed by atoms with Gasteiger partial charge in [0.25, 0.3) is 0 Å². The average molecular weight is 345 g/mol. The summed E-state index contributed by atoms with van der Waals surface area (Å²) in [6, 6.07) is 36.4. The summed E-state index contributed by atoms with van der Waals surface area (Å²) in [6.45, 7) is 0. The van der Waals surface area contributed by atoms with Crippen LogP contribution < -0.4 is 0 Å². The van der Waals surface area contributed by atoms with Crippen LogP contribution in [0, 0.1) is 0 Å². The van der Waals surface area contributed by atoms with Gasteiger partial charge in [0, 0.05) is 6.42 Å². The first-order valence-corrected chi connectivity index (χ1v) is 9.29. The lowest BCUT2D eigenvalue weighted by atomic mass is 9.93. The van der Waals surface area contributed by atoms with Crippen molar-refractivity contribution >= 4 is 11.4 Å². The van der Waals surface area contributed by atoms with Crippen LogP contribution >= 0.6 is 0 Å². The molecule has 0 aliphatic carbocycles. The molecule has 1 heterocycles. The molecule has 4 aromatic rings. The Balaban J connectivity index is 1.66. The number of hydrogen-bond acceptors (Lipinski definition) is 1. The highest BCUT2D eigenvalue weighted by Gasteiger charge is 2.17. The molecule has 128 valence electrons. The number of nitrogens with zero attached hydrogens (tertiary/aromatic N) is 1. The molecule has 0 bridgehead atoms. The van der Waals surface area contributed by atoms with Crippen molar-refractivity contribution in [2.24, 2.45) is 4.99 Å². The molecular weight excluding hydrogens is 326 g/mol. The Morgan fingerprint density at radius 1 is 0.481 bits per heavy atom. The van der Waals surface area contributed by atoms with Gasteiger partial charge in [0.2, 0.25) is 0 Å². The van der Waals surface area contributed by atoms with E-state index in [1.54, 1.807) is 0 Å². The second kappa shape index (κ2) is 6.69. The monoisotopic (exact) mass is 345 g/mol. The van der Waals surface area contributed by atoms with E-state index < -0.39 is 0 Å². The SMILES string of the molecule is c1ccc(-c2cc(C3=Nc4ccccc4C3)cc(-c3ccccc3)c2)cc1. The van der Waals surface area contributed by atoms with Crippen molar-refractivity contribution in [1.29, 1.82) is 0 Å². The molecule has 0 fully saturated rings. The van der Waals surface area contributed by atoms with E-state index in [9.17, 15) is 0 Å². The highest BCUT2D eigenvalue weighted by Crippen LogP contribution is 2.33. The van der Waals surface area contributed by atoms with Crippen LogP contribution in [0.1, 0.15) is 11.1 Å². The number of aliphatic imine (C=N–C) groups is 1. The maximum Gasteiger partial charge on any atom is 0.0669 e. The lowest BCUT2D eigenvalue weighted by Gasteiger charge is -2.11. The first-order chi connectivity index (χ1) is 13.4. The molecule has 1 aliphatic heterocycles. The van der Waals surface area contributed by atoms with Gasteiger partial charge in [-0.15, -0.1) is 0 Å². The van der Waals surface area contributed by atoms with Gasteiger partial charge in [-0.05, 0) is 57.6 Å². The fourth-order valence-electron chi connectivity index (χ4n) is 3.69. The Labute approximate surface area is 159 Å². The fraction of sp³-hybridized carbons (Fsp3) is 0.0385. The van der Waals surface area contributed by atoms with Crippen molar-refractivity contribution in [1.82, 2.24) is 0 Å². The zero-order valence-corrected chi connectivity index (χ0v) is 15.0. The van der Waals surface area contributed by atoms with Gasteiger partial charge in [-0.1, -0.05) is 78.9 Å². The summed E-state index contributed by atoms with van der Waals surface area (Å²) in [5.41, 5.74) is 9.66. The zero-order chi connectivity index (χ0) is 18.1. The quantitative estimate of drug-likeness (QED) is 0.392. The predicted molar refractivity (Wildman–Crippen MR) is 114 cm³/mol. The first kappa shape index (κ1) is 15.8. The van der Waals surface area contributed by atoms with Crippen molar-refractivity contribution < 1.29 is 0 Å². The summed E-state index contributed by atoms with van der Waals surface area (Å²) in [5, 5.41) is 0. The largest absolute Gasteiger partial charge is 0.252 e. The minimum atomic E-state index is 0.892. The Hall–Kier alpha value is -3.45. The fourth-order valence-corrected chi connectivity index (χ4v) is 3.69. The molecule has 0 spiro atoms. The molecule has 0 radical (unpaired) electrons. The van der Waals surface area contributed by atoms with Crippen LogP contribution in [0.3, 0.4) is 0 Å². The molecule has 1 nitrogen and oxygen atoms in total. The lowest BCUT2D eigenvalue weighted by molar-refractivity contribution is 1.39. The van der Waals surface area contributed by atoms with E-state index in [4.69, 9.17) is 4.99 Å². The normalized spacial score (nSPS) is 12.5. The van der Waals surface area contributed by atoms with Crippen LogP contribution in [0.2, 0.25) is 0 Å². The lowest BCUT2D eigenvalue weighted by Crippen LogP contribution is -2.01. The molecule has 0 N–H and O–H groups in total. The minimum absolute atomic E-state index is 0.892. The van der Waals surface area contributed by atoms with E-state index in [1.165, 1.54) is 33.4 Å². The third kappa shape index (κ3) is 3.09.